The van der Waals surface area contributed by atoms with Crippen LogP contribution in [-0.4, -0.2) is 17.9 Å². The minimum absolute atomic E-state index is 0.297. The lowest BCUT2D eigenvalue weighted by Gasteiger charge is -2.10. The standard InChI is InChI=1S/C16H16FN3OS/c1-11(14-5-3-4-6-15(14)21-2)19-20-16(22)18-13-9-7-12(17)8-10-13/h3-10H,1-2H3,(H2,18,20,22)/b19-11-. The number of hydrogen-bond donors (Lipinski definition) is 2. The zero-order chi connectivity index (χ0) is 15.9. The van der Waals surface area contributed by atoms with Crippen LogP contribution >= 0.6 is 12.2 Å². The van der Waals surface area contributed by atoms with Crippen molar-refractivity contribution in [3.05, 3.63) is 59.9 Å². The molecule has 0 aromatic heterocycles. The average Bonchev–Trinajstić information content (AvgIpc) is 2.54. The number of para-hydroxylation sites is 1. The summed E-state index contributed by atoms with van der Waals surface area (Å²) in [6.45, 7) is 1.85. The van der Waals surface area contributed by atoms with Gasteiger partial charge in [0.05, 0.1) is 12.8 Å². The Kier molecular flexibility index (Phi) is 5.43. The van der Waals surface area contributed by atoms with Gasteiger partial charge in [0.15, 0.2) is 5.11 Å². The molecule has 0 aliphatic carbocycles. The van der Waals surface area contributed by atoms with Gasteiger partial charge in [0.1, 0.15) is 11.6 Å². The van der Waals surface area contributed by atoms with Gasteiger partial charge in [0.2, 0.25) is 0 Å². The van der Waals surface area contributed by atoms with Crippen molar-refractivity contribution in [2.24, 2.45) is 5.10 Å². The lowest BCUT2D eigenvalue weighted by Crippen LogP contribution is -2.25. The molecule has 22 heavy (non-hydrogen) atoms. The van der Waals surface area contributed by atoms with E-state index in [1.807, 2.05) is 31.2 Å². The number of nitrogens with zero attached hydrogens (tertiary/aromatic N) is 1. The number of hydrazone groups is 1. The predicted octanol–water partition coefficient (Wildman–Crippen LogP) is 3.54. The molecule has 0 bridgehead atoms. The van der Waals surface area contributed by atoms with Crippen LogP contribution in [0.15, 0.2) is 53.6 Å². The summed E-state index contributed by atoms with van der Waals surface area (Å²) in [5, 5.41) is 7.47. The van der Waals surface area contributed by atoms with E-state index in [0.29, 0.717) is 10.8 Å². The first kappa shape index (κ1) is 15.9. The first-order valence-corrected chi connectivity index (χ1v) is 7.01. The molecule has 0 atom stereocenters. The molecule has 0 spiro atoms. The van der Waals surface area contributed by atoms with Crippen LogP contribution < -0.4 is 15.5 Å². The Morgan fingerprint density at radius 1 is 1.14 bits per heavy atom. The number of benzene rings is 2. The predicted molar refractivity (Wildman–Crippen MR) is 91.0 cm³/mol. The molecule has 2 rings (SSSR count). The van der Waals surface area contributed by atoms with Crippen LogP contribution in [0, 0.1) is 5.82 Å². The minimum Gasteiger partial charge on any atom is -0.496 e. The van der Waals surface area contributed by atoms with Gasteiger partial charge in [-0.1, -0.05) is 12.1 Å². The molecule has 6 heteroatoms. The van der Waals surface area contributed by atoms with E-state index in [1.165, 1.54) is 12.1 Å². The van der Waals surface area contributed by atoms with Gasteiger partial charge in [-0.3, -0.25) is 5.43 Å². The SMILES string of the molecule is COc1ccccc1/C(C)=N\NC(=S)Nc1ccc(F)cc1. The van der Waals surface area contributed by atoms with Crippen LogP contribution in [0.25, 0.3) is 0 Å². The van der Waals surface area contributed by atoms with E-state index in [0.717, 1.165) is 17.0 Å². The van der Waals surface area contributed by atoms with E-state index < -0.39 is 0 Å². The molecule has 0 radical (unpaired) electrons. The molecule has 0 saturated carbocycles. The molecular formula is C16H16FN3OS. The molecule has 0 aliphatic rings. The number of ether oxygens (including phenoxy) is 1. The molecule has 4 nitrogen and oxygen atoms in total. The monoisotopic (exact) mass is 317 g/mol. The zero-order valence-corrected chi connectivity index (χ0v) is 13.1. The third-order valence-corrected chi connectivity index (χ3v) is 3.12. The molecule has 0 saturated heterocycles. The molecular weight excluding hydrogens is 301 g/mol. The van der Waals surface area contributed by atoms with Crippen LogP contribution in [0.4, 0.5) is 10.1 Å². The van der Waals surface area contributed by atoms with Gasteiger partial charge in [0, 0.05) is 11.3 Å². The van der Waals surface area contributed by atoms with Crippen molar-refractivity contribution in [2.75, 3.05) is 12.4 Å². The van der Waals surface area contributed by atoms with Gasteiger partial charge in [-0.2, -0.15) is 5.10 Å². The van der Waals surface area contributed by atoms with Crippen LogP contribution in [0.5, 0.6) is 5.75 Å². The fourth-order valence-corrected chi connectivity index (χ4v) is 1.99. The van der Waals surface area contributed by atoms with Crippen LogP contribution in [0.1, 0.15) is 12.5 Å². The number of halogens is 1. The lowest BCUT2D eigenvalue weighted by molar-refractivity contribution is 0.414. The topological polar surface area (TPSA) is 45.6 Å². The molecule has 0 heterocycles. The van der Waals surface area contributed by atoms with Crippen molar-refractivity contribution in [3.8, 4) is 5.75 Å². The van der Waals surface area contributed by atoms with E-state index in [-0.39, 0.29) is 5.82 Å². The number of thiocarbonyl (C=S) groups is 1. The molecule has 0 amide bonds. The Balaban J connectivity index is 2.01. The second-order valence-corrected chi connectivity index (χ2v) is 4.88. The first-order valence-electron chi connectivity index (χ1n) is 6.60. The quantitative estimate of drug-likeness (QED) is 0.514. The summed E-state index contributed by atoms with van der Waals surface area (Å²) in [6.07, 6.45) is 0. The summed E-state index contributed by atoms with van der Waals surface area (Å²) in [5.74, 6) is 0.442. The summed E-state index contributed by atoms with van der Waals surface area (Å²) in [6, 6.07) is 13.5. The lowest BCUT2D eigenvalue weighted by atomic mass is 10.1. The number of anilines is 1. The summed E-state index contributed by atoms with van der Waals surface area (Å²) in [7, 11) is 1.61. The van der Waals surface area contributed by atoms with E-state index in [1.54, 1.807) is 19.2 Å². The largest absolute Gasteiger partial charge is 0.496 e. The van der Waals surface area contributed by atoms with Crippen molar-refractivity contribution < 1.29 is 9.13 Å². The third kappa shape index (κ3) is 4.26. The zero-order valence-electron chi connectivity index (χ0n) is 12.3. The van der Waals surface area contributed by atoms with E-state index >= 15 is 0 Å². The summed E-state index contributed by atoms with van der Waals surface area (Å²) < 4.78 is 18.1. The van der Waals surface area contributed by atoms with Crippen molar-refractivity contribution >= 4 is 28.7 Å². The third-order valence-electron chi connectivity index (χ3n) is 2.92. The Bertz CT molecular complexity index is 686. The van der Waals surface area contributed by atoms with Gasteiger partial charge < -0.3 is 10.1 Å². The maximum absolute atomic E-state index is 12.8. The van der Waals surface area contributed by atoms with Crippen molar-refractivity contribution in [1.29, 1.82) is 0 Å². The van der Waals surface area contributed by atoms with Crippen LogP contribution in [0.3, 0.4) is 0 Å². The first-order chi connectivity index (χ1) is 10.6. The van der Waals surface area contributed by atoms with Crippen molar-refractivity contribution in [2.45, 2.75) is 6.92 Å². The fraction of sp³-hybridized carbons (Fsp3) is 0.125. The molecule has 0 aliphatic heterocycles. The van der Waals surface area contributed by atoms with Gasteiger partial charge in [-0.15, -0.1) is 0 Å². The highest BCUT2D eigenvalue weighted by Gasteiger charge is 2.05. The second-order valence-electron chi connectivity index (χ2n) is 4.47. The highest BCUT2D eigenvalue weighted by atomic mass is 32.1. The Hall–Kier alpha value is -2.47. The van der Waals surface area contributed by atoms with E-state index in [2.05, 4.69) is 15.8 Å². The molecule has 0 fully saturated rings. The van der Waals surface area contributed by atoms with Gasteiger partial charge in [-0.25, -0.2) is 4.39 Å². The molecule has 114 valence electrons. The number of hydrogen-bond acceptors (Lipinski definition) is 3. The second kappa shape index (κ2) is 7.51. The molecule has 0 unspecified atom stereocenters. The number of methoxy groups -OCH3 is 1. The Labute approximate surface area is 134 Å². The van der Waals surface area contributed by atoms with Crippen LogP contribution in [-0.2, 0) is 0 Å². The van der Waals surface area contributed by atoms with Gasteiger partial charge in [-0.05, 0) is 55.5 Å². The number of rotatable bonds is 4. The summed E-state index contributed by atoms with van der Waals surface area (Å²) in [4.78, 5) is 0. The Morgan fingerprint density at radius 3 is 2.50 bits per heavy atom. The van der Waals surface area contributed by atoms with E-state index in [9.17, 15) is 4.39 Å². The normalized spacial score (nSPS) is 11.0. The van der Waals surface area contributed by atoms with E-state index in [4.69, 9.17) is 17.0 Å². The Morgan fingerprint density at radius 2 is 1.82 bits per heavy atom. The maximum atomic E-state index is 12.8. The number of nitrogens with one attached hydrogen (secondary N) is 2. The fourth-order valence-electron chi connectivity index (χ4n) is 1.83. The van der Waals surface area contributed by atoms with Crippen LogP contribution in [0.2, 0.25) is 0 Å². The molecule has 2 aromatic rings. The van der Waals surface area contributed by atoms with Gasteiger partial charge >= 0.3 is 0 Å². The smallest absolute Gasteiger partial charge is 0.191 e. The summed E-state index contributed by atoms with van der Waals surface area (Å²) in [5.41, 5.74) is 5.05. The highest BCUT2D eigenvalue weighted by Crippen LogP contribution is 2.17. The average molecular weight is 317 g/mol. The maximum Gasteiger partial charge on any atom is 0.191 e. The highest BCUT2D eigenvalue weighted by molar-refractivity contribution is 7.80. The minimum atomic E-state index is -0.297. The van der Waals surface area contributed by atoms with Crippen molar-refractivity contribution in [3.63, 3.8) is 0 Å². The molecule has 2 aromatic carbocycles. The summed E-state index contributed by atoms with van der Waals surface area (Å²) >= 11 is 5.14. The molecule has 2 N–H and O–H groups in total. The van der Waals surface area contributed by atoms with Gasteiger partial charge in [0.25, 0.3) is 0 Å². The van der Waals surface area contributed by atoms with Crippen molar-refractivity contribution in [1.82, 2.24) is 5.43 Å².